The van der Waals surface area contributed by atoms with Crippen LogP contribution in [0.1, 0.15) is 36.2 Å². The van der Waals surface area contributed by atoms with E-state index in [0.29, 0.717) is 17.7 Å². The summed E-state index contributed by atoms with van der Waals surface area (Å²) in [6.45, 7) is 3.20. The molecule has 0 spiro atoms. The fourth-order valence-corrected chi connectivity index (χ4v) is 3.65. The number of aromatic amines is 1. The number of nitrogens with one attached hydrogen (secondary N) is 2. The quantitative estimate of drug-likeness (QED) is 0.756. The van der Waals surface area contributed by atoms with Gasteiger partial charge in [0.15, 0.2) is 5.03 Å². The van der Waals surface area contributed by atoms with Crippen molar-refractivity contribution in [1.82, 2.24) is 14.9 Å². The number of aliphatic hydroxyl groups excluding tert-OH is 1. The third-order valence-corrected chi connectivity index (χ3v) is 4.80. The van der Waals surface area contributed by atoms with E-state index in [4.69, 9.17) is 0 Å². The van der Waals surface area contributed by atoms with Crippen molar-refractivity contribution < 1.29 is 13.5 Å². The Kier molecular flexibility index (Phi) is 4.76. The van der Waals surface area contributed by atoms with Crippen LogP contribution in [0.15, 0.2) is 35.4 Å². The maximum absolute atomic E-state index is 12.5. The van der Waals surface area contributed by atoms with E-state index in [-0.39, 0.29) is 17.7 Å². The molecular formula is C14H19N3O3S. The van der Waals surface area contributed by atoms with E-state index in [1.165, 1.54) is 0 Å². The van der Waals surface area contributed by atoms with Gasteiger partial charge in [0.25, 0.3) is 10.0 Å². The molecule has 3 N–H and O–H groups in total. The van der Waals surface area contributed by atoms with Crippen LogP contribution in [0.25, 0.3) is 0 Å². The summed E-state index contributed by atoms with van der Waals surface area (Å²) < 4.78 is 27.6. The van der Waals surface area contributed by atoms with Gasteiger partial charge in [0.2, 0.25) is 0 Å². The Morgan fingerprint density at radius 2 is 2.00 bits per heavy atom. The van der Waals surface area contributed by atoms with Gasteiger partial charge in [0.05, 0.1) is 6.61 Å². The molecule has 0 saturated heterocycles. The molecule has 0 amide bonds. The molecule has 114 valence electrons. The van der Waals surface area contributed by atoms with Crippen LogP contribution in [-0.2, 0) is 16.6 Å². The van der Waals surface area contributed by atoms with E-state index in [9.17, 15) is 13.5 Å². The first-order chi connectivity index (χ1) is 9.99. The second kappa shape index (κ2) is 6.38. The number of aryl methyl sites for hydroxylation is 1. The molecule has 0 radical (unpaired) electrons. The van der Waals surface area contributed by atoms with Gasteiger partial charge in [-0.3, -0.25) is 5.10 Å². The Balaban J connectivity index is 2.32. The summed E-state index contributed by atoms with van der Waals surface area (Å²) >= 11 is 0. The highest BCUT2D eigenvalue weighted by Gasteiger charge is 2.26. The van der Waals surface area contributed by atoms with Gasteiger partial charge in [-0.15, -0.1) is 0 Å². The van der Waals surface area contributed by atoms with Crippen LogP contribution in [0.4, 0.5) is 0 Å². The summed E-state index contributed by atoms with van der Waals surface area (Å²) in [7, 11) is -3.79. The molecule has 1 heterocycles. The molecule has 7 heteroatoms. The van der Waals surface area contributed by atoms with E-state index < -0.39 is 10.0 Å². The van der Waals surface area contributed by atoms with Crippen molar-refractivity contribution in [3.05, 3.63) is 47.2 Å². The summed E-state index contributed by atoms with van der Waals surface area (Å²) in [4.78, 5) is 0. The van der Waals surface area contributed by atoms with E-state index >= 15 is 0 Å². The van der Waals surface area contributed by atoms with E-state index in [0.717, 1.165) is 5.56 Å². The van der Waals surface area contributed by atoms with Crippen LogP contribution >= 0.6 is 0 Å². The first-order valence-corrected chi connectivity index (χ1v) is 8.20. The summed E-state index contributed by atoms with van der Waals surface area (Å²) in [5.41, 5.74) is 1.73. The molecule has 0 fully saturated rings. The molecule has 6 nitrogen and oxygen atoms in total. The number of hydrogen-bond donors (Lipinski definition) is 3. The maximum Gasteiger partial charge on any atom is 0.260 e. The average molecular weight is 309 g/mol. The zero-order chi connectivity index (χ0) is 15.5. The summed E-state index contributed by atoms with van der Waals surface area (Å²) in [6.07, 6.45) is 0.612. The van der Waals surface area contributed by atoms with Gasteiger partial charge in [-0.05, 0) is 18.9 Å². The smallest absolute Gasteiger partial charge is 0.260 e. The fraction of sp³-hybridized carbons (Fsp3) is 0.357. The molecule has 2 rings (SSSR count). The highest BCUT2D eigenvalue weighted by molar-refractivity contribution is 7.89. The number of aromatic nitrogens is 2. The van der Waals surface area contributed by atoms with Crippen molar-refractivity contribution in [3.8, 4) is 0 Å². The van der Waals surface area contributed by atoms with Crippen molar-refractivity contribution >= 4 is 10.0 Å². The van der Waals surface area contributed by atoms with Gasteiger partial charge in [0.1, 0.15) is 0 Å². The lowest BCUT2D eigenvalue weighted by Gasteiger charge is -2.17. The third kappa shape index (κ3) is 3.31. The molecule has 21 heavy (non-hydrogen) atoms. The second-order valence-electron chi connectivity index (χ2n) is 4.78. The van der Waals surface area contributed by atoms with Gasteiger partial charge in [-0.1, -0.05) is 37.3 Å². The topological polar surface area (TPSA) is 95.1 Å². The first-order valence-electron chi connectivity index (χ1n) is 6.71. The lowest BCUT2D eigenvalue weighted by Crippen LogP contribution is -2.29. The molecule has 0 aliphatic heterocycles. The van der Waals surface area contributed by atoms with Crippen molar-refractivity contribution in [1.29, 1.82) is 0 Å². The minimum absolute atomic E-state index is 0.142. The number of aliphatic hydroxyl groups is 1. The largest absolute Gasteiger partial charge is 0.392 e. The van der Waals surface area contributed by atoms with Crippen molar-refractivity contribution in [3.63, 3.8) is 0 Å². The van der Waals surface area contributed by atoms with Crippen LogP contribution in [0, 0.1) is 6.92 Å². The highest BCUT2D eigenvalue weighted by Crippen LogP contribution is 2.22. The Morgan fingerprint density at radius 3 is 2.57 bits per heavy atom. The Bertz CT molecular complexity index is 696. The Morgan fingerprint density at radius 1 is 1.33 bits per heavy atom. The first kappa shape index (κ1) is 15.7. The number of nitrogens with zero attached hydrogens (tertiary/aromatic N) is 1. The van der Waals surface area contributed by atoms with Crippen molar-refractivity contribution in [2.75, 3.05) is 0 Å². The maximum atomic E-state index is 12.5. The van der Waals surface area contributed by atoms with Gasteiger partial charge in [-0.2, -0.15) is 5.10 Å². The van der Waals surface area contributed by atoms with E-state index in [1.807, 2.05) is 37.3 Å². The second-order valence-corrected chi connectivity index (χ2v) is 6.41. The monoisotopic (exact) mass is 309 g/mol. The van der Waals surface area contributed by atoms with Gasteiger partial charge in [-0.25, -0.2) is 13.1 Å². The van der Waals surface area contributed by atoms with Crippen LogP contribution in [0.3, 0.4) is 0 Å². The van der Waals surface area contributed by atoms with E-state index in [1.54, 1.807) is 6.92 Å². The molecule has 0 aliphatic rings. The lowest BCUT2D eigenvalue weighted by atomic mass is 10.1. The van der Waals surface area contributed by atoms with Crippen LogP contribution in [0.5, 0.6) is 0 Å². The molecule has 0 bridgehead atoms. The van der Waals surface area contributed by atoms with E-state index in [2.05, 4.69) is 14.9 Å². The minimum Gasteiger partial charge on any atom is -0.392 e. The van der Waals surface area contributed by atoms with Gasteiger partial charge in [0, 0.05) is 17.3 Å². The molecular weight excluding hydrogens is 290 g/mol. The predicted octanol–water partition coefficient (Wildman–Crippen LogP) is 1.64. The minimum atomic E-state index is -3.79. The molecule has 1 aromatic carbocycles. The van der Waals surface area contributed by atoms with Crippen LogP contribution in [0.2, 0.25) is 0 Å². The number of sulfonamides is 1. The molecule has 0 saturated carbocycles. The third-order valence-electron chi connectivity index (χ3n) is 3.36. The van der Waals surface area contributed by atoms with Crippen LogP contribution in [-0.4, -0.2) is 23.7 Å². The summed E-state index contributed by atoms with van der Waals surface area (Å²) in [6, 6.07) is 9.03. The number of hydrogen-bond acceptors (Lipinski definition) is 4. The number of H-pyrrole nitrogens is 1. The number of benzene rings is 1. The normalized spacial score (nSPS) is 13.3. The molecule has 1 aromatic heterocycles. The van der Waals surface area contributed by atoms with Crippen molar-refractivity contribution in [2.24, 2.45) is 0 Å². The summed E-state index contributed by atoms with van der Waals surface area (Å²) in [5.74, 6) is 0. The Labute approximate surface area is 124 Å². The van der Waals surface area contributed by atoms with Gasteiger partial charge >= 0.3 is 0 Å². The average Bonchev–Trinajstić information content (AvgIpc) is 2.87. The van der Waals surface area contributed by atoms with Crippen molar-refractivity contribution in [2.45, 2.75) is 37.9 Å². The SMILES string of the molecule is CCC(NS(=O)(=O)c1n[nH]c(C)c1CO)c1ccccc1. The van der Waals surface area contributed by atoms with Gasteiger partial charge < -0.3 is 5.11 Å². The summed E-state index contributed by atoms with van der Waals surface area (Å²) in [5, 5.41) is 15.6. The predicted molar refractivity (Wildman–Crippen MR) is 79.0 cm³/mol. The highest BCUT2D eigenvalue weighted by atomic mass is 32.2. The standard InChI is InChI=1S/C14H19N3O3S/c1-3-13(11-7-5-4-6-8-11)17-21(19,20)14-12(9-18)10(2)15-16-14/h4-8,13,17-18H,3,9H2,1-2H3,(H,15,16). The van der Waals surface area contributed by atoms with Crippen LogP contribution < -0.4 is 4.72 Å². The molecule has 0 aliphatic carbocycles. The Hall–Kier alpha value is -1.70. The molecule has 2 aromatic rings. The zero-order valence-corrected chi connectivity index (χ0v) is 12.8. The fourth-order valence-electron chi connectivity index (χ4n) is 2.15. The molecule has 1 unspecified atom stereocenters. The number of rotatable bonds is 6. The zero-order valence-electron chi connectivity index (χ0n) is 12.0. The molecule has 1 atom stereocenters. The lowest BCUT2D eigenvalue weighted by molar-refractivity contribution is 0.277.